The number of hydrogen-bond acceptors (Lipinski definition) is 4. The second kappa shape index (κ2) is 7.53. The molecule has 2 aliphatic rings. The summed E-state index contributed by atoms with van der Waals surface area (Å²) in [4.78, 5) is 14.0. The monoisotopic (exact) mass is 331 g/mol. The van der Waals surface area contributed by atoms with Crippen molar-refractivity contribution in [3.63, 3.8) is 0 Å². The number of carbonyl (C=O) groups is 1. The molecule has 3 rings (SSSR count). The zero-order valence-corrected chi connectivity index (χ0v) is 15.1. The lowest BCUT2D eigenvalue weighted by Gasteiger charge is -2.50. The predicted molar refractivity (Wildman–Crippen MR) is 102 cm³/mol. The molecule has 124 valence electrons. The SMILES string of the molecule is COc1ccccc1OC.[B]C1([B])CC2CCN(C)C2C([B])([B])C1=O. The van der Waals surface area contributed by atoms with Crippen LogP contribution >= 0.6 is 0 Å². The molecule has 1 aromatic rings. The quantitative estimate of drug-likeness (QED) is 0.755. The zero-order valence-electron chi connectivity index (χ0n) is 15.1. The van der Waals surface area contributed by atoms with Gasteiger partial charge in [0.25, 0.3) is 0 Å². The lowest BCUT2D eigenvalue weighted by atomic mass is 9.32. The van der Waals surface area contributed by atoms with Gasteiger partial charge in [0, 0.05) is 6.04 Å². The molecule has 1 saturated carbocycles. The summed E-state index contributed by atoms with van der Waals surface area (Å²) in [6, 6.07) is 7.39. The van der Waals surface area contributed by atoms with Gasteiger partial charge < -0.3 is 19.2 Å². The van der Waals surface area contributed by atoms with Crippen LogP contribution in [0.2, 0.25) is 10.4 Å². The number of ketones is 1. The van der Waals surface area contributed by atoms with E-state index in [0.717, 1.165) is 24.5 Å². The standard InChI is InChI=1S/C9H11B4NO.C8H10O2/c1-14-3-2-5-4-8(10,11)7(15)9(12,13)6(5)14;1-9-7-5-3-4-6-8(7)10-2/h5-6H,2-4H2,1H3;3-6H,1-2H3. The second-order valence-electron chi connectivity index (χ2n) is 6.84. The van der Waals surface area contributed by atoms with E-state index in [9.17, 15) is 4.79 Å². The number of nitrogens with zero attached hydrogens (tertiary/aromatic N) is 1. The highest BCUT2D eigenvalue weighted by Crippen LogP contribution is 2.52. The lowest BCUT2D eigenvalue weighted by Crippen LogP contribution is -2.55. The minimum atomic E-state index is -1.42. The Morgan fingerprint density at radius 1 is 1.08 bits per heavy atom. The Morgan fingerprint density at radius 3 is 2.08 bits per heavy atom. The molecule has 0 spiro atoms. The normalized spacial score (nSPS) is 26.9. The summed E-state index contributed by atoms with van der Waals surface area (Å²) in [5, 5.41) is -2.78. The van der Waals surface area contributed by atoms with Crippen LogP contribution in [0.5, 0.6) is 11.5 Å². The van der Waals surface area contributed by atoms with Gasteiger partial charge in [0.1, 0.15) is 5.78 Å². The number of hydrogen-bond donors (Lipinski definition) is 0. The van der Waals surface area contributed by atoms with Crippen molar-refractivity contribution in [2.24, 2.45) is 5.92 Å². The Kier molecular flexibility index (Phi) is 6.03. The van der Waals surface area contributed by atoms with E-state index in [-0.39, 0.29) is 12.0 Å². The average molecular weight is 331 g/mol. The number of para-hydroxylation sites is 2. The van der Waals surface area contributed by atoms with Crippen molar-refractivity contribution in [2.75, 3.05) is 27.8 Å². The van der Waals surface area contributed by atoms with Crippen LogP contribution in [0, 0.1) is 5.92 Å². The van der Waals surface area contributed by atoms with Crippen molar-refractivity contribution in [3.05, 3.63) is 24.3 Å². The minimum Gasteiger partial charge on any atom is -0.493 e. The highest BCUT2D eigenvalue weighted by atomic mass is 16.5. The van der Waals surface area contributed by atoms with Crippen molar-refractivity contribution >= 4 is 37.2 Å². The number of rotatable bonds is 2. The van der Waals surface area contributed by atoms with Gasteiger partial charge in [-0.25, -0.2) is 0 Å². The molecule has 2 atom stereocenters. The average Bonchev–Trinajstić information content (AvgIpc) is 2.94. The first kappa shape index (κ1) is 20.0. The molecule has 2 fully saturated rings. The summed E-state index contributed by atoms with van der Waals surface area (Å²) in [7, 11) is 28.5. The summed E-state index contributed by atoms with van der Waals surface area (Å²) >= 11 is 0. The van der Waals surface area contributed by atoms with Crippen LogP contribution in [0.25, 0.3) is 0 Å². The Balaban J connectivity index is 0.000000196. The topological polar surface area (TPSA) is 38.8 Å². The predicted octanol–water partition coefficient (Wildman–Crippen LogP) is 0.890. The maximum absolute atomic E-state index is 11.9. The molecular weight excluding hydrogens is 309 g/mol. The number of fused-ring (bicyclic) bond motifs is 1. The third-order valence-electron chi connectivity index (χ3n) is 4.97. The highest BCUT2D eigenvalue weighted by Gasteiger charge is 2.54. The summed E-state index contributed by atoms with van der Waals surface area (Å²) < 4.78 is 10.0. The van der Waals surface area contributed by atoms with E-state index in [4.69, 9.17) is 40.9 Å². The fourth-order valence-electron chi connectivity index (χ4n) is 3.85. The van der Waals surface area contributed by atoms with Crippen molar-refractivity contribution in [2.45, 2.75) is 29.3 Å². The number of Topliss-reactive ketones (excluding diaryl/α,β-unsaturated/α-hetero) is 1. The van der Waals surface area contributed by atoms with E-state index in [1.165, 1.54) is 0 Å². The molecule has 1 saturated heterocycles. The van der Waals surface area contributed by atoms with Crippen LogP contribution in [-0.2, 0) is 4.79 Å². The van der Waals surface area contributed by atoms with Crippen molar-refractivity contribution < 1.29 is 14.3 Å². The van der Waals surface area contributed by atoms with Gasteiger partial charge in [-0.1, -0.05) is 18.6 Å². The number of methoxy groups -OCH3 is 2. The first-order chi connectivity index (χ1) is 11.6. The molecule has 0 aromatic heterocycles. The van der Waals surface area contributed by atoms with Crippen LogP contribution in [0.3, 0.4) is 0 Å². The fraction of sp³-hybridized carbons (Fsp3) is 0.588. The van der Waals surface area contributed by atoms with Gasteiger partial charge in [-0.2, -0.15) is 0 Å². The van der Waals surface area contributed by atoms with E-state index < -0.39 is 16.2 Å². The van der Waals surface area contributed by atoms with Gasteiger partial charge in [-0.05, 0) is 48.5 Å². The molecule has 1 aromatic carbocycles. The third kappa shape index (κ3) is 3.94. The molecule has 1 aliphatic carbocycles. The van der Waals surface area contributed by atoms with Crippen LogP contribution in [0.1, 0.15) is 12.8 Å². The molecule has 0 bridgehead atoms. The largest absolute Gasteiger partial charge is 0.493 e. The maximum atomic E-state index is 11.9. The Bertz CT molecular complexity index is 601. The molecule has 4 nitrogen and oxygen atoms in total. The van der Waals surface area contributed by atoms with Crippen LogP contribution in [-0.4, -0.2) is 75.9 Å². The summed E-state index contributed by atoms with van der Waals surface area (Å²) in [5.74, 6) is 1.32. The number of benzene rings is 1. The summed E-state index contributed by atoms with van der Waals surface area (Å²) in [5.41, 5.74) is 0. The smallest absolute Gasteiger partial charge is 0.160 e. The highest BCUT2D eigenvalue weighted by molar-refractivity contribution is 6.62. The minimum absolute atomic E-state index is 0.134. The van der Waals surface area contributed by atoms with E-state index in [1.807, 2.05) is 36.2 Å². The number of carbonyl (C=O) groups excluding carboxylic acids is 1. The van der Waals surface area contributed by atoms with Crippen molar-refractivity contribution in [1.29, 1.82) is 0 Å². The zero-order chi connectivity index (χ0) is 18.8. The number of likely N-dealkylation sites (tertiary alicyclic amines) is 1. The first-order valence-electron chi connectivity index (χ1n) is 8.22. The van der Waals surface area contributed by atoms with Gasteiger partial charge in [0.15, 0.2) is 11.5 Å². The lowest BCUT2D eigenvalue weighted by molar-refractivity contribution is -0.124. The fourth-order valence-corrected chi connectivity index (χ4v) is 3.85. The van der Waals surface area contributed by atoms with E-state index in [1.54, 1.807) is 14.2 Å². The Labute approximate surface area is 155 Å². The van der Waals surface area contributed by atoms with Crippen LogP contribution < -0.4 is 9.47 Å². The van der Waals surface area contributed by atoms with Gasteiger partial charge in [0.05, 0.1) is 45.6 Å². The molecule has 0 amide bonds. The van der Waals surface area contributed by atoms with Crippen molar-refractivity contribution in [1.82, 2.24) is 4.90 Å². The summed E-state index contributed by atoms with van der Waals surface area (Å²) in [6.45, 7) is 0.884. The van der Waals surface area contributed by atoms with Crippen LogP contribution in [0.15, 0.2) is 24.3 Å². The van der Waals surface area contributed by atoms with Gasteiger partial charge in [-0.15, -0.1) is 0 Å². The van der Waals surface area contributed by atoms with Crippen molar-refractivity contribution in [3.8, 4) is 11.5 Å². The van der Waals surface area contributed by atoms with Crippen LogP contribution in [0.4, 0.5) is 0 Å². The van der Waals surface area contributed by atoms with Gasteiger partial charge in [-0.3, -0.25) is 0 Å². The molecular formula is C17H21B4NO3. The van der Waals surface area contributed by atoms with E-state index in [2.05, 4.69) is 0 Å². The molecule has 2 unspecified atom stereocenters. The van der Waals surface area contributed by atoms with Gasteiger partial charge >= 0.3 is 0 Å². The first-order valence-corrected chi connectivity index (χ1v) is 8.22. The van der Waals surface area contributed by atoms with Gasteiger partial charge in [0.2, 0.25) is 0 Å². The molecule has 8 radical (unpaired) electrons. The summed E-state index contributed by atoms with van der Waals surface area (Å²) in [6.07, 6.45) is 1.41. The second-order valence-corrected chi connectivity index (χ2v) is 6.84. The Hall–Kier alpha value is -1.29. The van der Waals surface area contributed by atoms with E-state index >= 15 is 0 Å². The Morgan fingerprint density at radius 2 is 1.60 bits per heavy atom. The third-order valence-corrected chi connectivity index (χ3v) is 4.97. The maximum Gasteiger partial charge on any atom is 0.160 e. The number of ether oxygens (including phenoxy) is 2. The molecule has 1 aliphatic heterocycles. The van der Waals surface area contributed by atoms with E-state index in [0.29, 0.717) is 6.42 Å². The molecule has 0 N–H and O–H groups in total. The molecule has 8 heteroatoms. The molecule has 1 heterocycles. The molecule has 25 heavy (non-hydrogen) atoms.